The molecule has 0 aromatic rings. The van der Waals surface area contributed by atoms with E-state index in [0.717, 1.165) is 12.8 Å². The molecule has 0 heterocycles. The highest BCUT2D eigenvalue weighted by atomic mass is 32.2. The summed E-state index contributed by atoms with van der Waals surface area (Å²) in [5, 5.41) is 8.96. The zero-order valence-corrected chi connectivity index (χ0v) is 8.34. The molecule has 1 rings (SSSR count). The molecular formula is C8H16O3S. The summed E-state index contributed by atoms with van der Waals surface area (Å²) in [5.74, 6) is 0.360. The largest absolute Gasteiger partial charge is 0.392 e. The molecule has 1 aliphatic carbocycles. The molecule has 3 nitrogen and oxygen atoms in total. The molecule has 72 valence electrons. The van der Waals surface area contributed by atoms with E-state index in [9.17, 15) is 13.5 Å². The lowest BCUT2D eigenvalue weighted by Crippen LogP contribution is -2.33. The van der Waals surface area contributed by atoms with Gasteiger partial charge >= 0.3 is 0 Å². The fourth-order valence-corrected chi connectivity index (χ4v) is 2.47. The van der Waals surface area contributed by atoms with E-state index in [1.807, 2.05) is 0 Å². The molecule has 1 saturated carbocycles. The van der Waals surface area contributed by atoms with Gasteiger partial charge in [0.05, 0.1) is 11.4 Å². The van der Waals surface area contributed by atoms with Crippen molar-refractivity contribution in [3.63, 3.8) is 0 Å². The van der Waals surface area contributed by atoms with E-state index in [1.165, 1.54) is 0 Å². The monoisotopic (exact) mass is 192 g/mol. The third-order valence-corrected chi connectivity index (χ3v) is 4.77. The molecular weight excluding hydrogens is 176 g/mol. The van der Waals surface area contributed by atoms with Crippen LogP contribution in [-0.4, -0.2) is 30.6 Å². The molecule has 0 aromatic carbocycles. The minimum absolute atomic E-state index is 0.123. The van der Waals surface area contributed by atoms with Crippen molar-refractivity contribution < 1.29 is 13.5 Å². The second kappa shape index (κ2) is 3.34. The Morgan fingerprint density at radius 1 is 1.50 bits per heavy atom. The van der Waals surface area contributed by atoms with Gasteiger partial charge in [-0.3, -0.25) is 0 Å². The number of hydrogen-bond acceptors (Lipinski definition) is 3. The van der Waals surface area contributed by atoms with Crippen LogP contribution in [0.15, 0.2) is 0 Å². The number of hydrogen-bond donors (Lipinski definition) is 1. The van der Waals surface area contributed by atoms with Gasteiger partial charge in [-0.25, -0.2) is 8.42 Å². The number of sulfone groups is 1. The molecule has 0 saturated heterocycles. The van der Waals surface area contributed by atoms with E-state index < -0.39 is 21.2 Å². The average molecular weight is 192 g/mol. The van der Waals surface area contributed by atoms with Crippen LogP contribution in [-0.2, 0) is 9.84 Å². The van der Waals surface area contributed by atoms with Gasteiger partial charge in [0.2, 0.25) is 0 Å². The van der Waals surface area contributed by atoms with Gasteiger partial charge in [0.1, 0.15) is 0 Å². The summed E-state index contributed by atoms with van der Waals surface area (Å²) >= 11 is 0. The van der Waals surface area contributed by atoms with Crippen molar-refractivity contribution in [2.45, 2.75) is 38.0 Å². The zero-order chi connectivity index (χ0) is 9.35. The van der Waals surface area contributed by atoms with Crippen LogP contribution in [0.2, 0.25) is 0 Å². The predicted octanol–water partition coefficient (Wildman–Crippen LogP) is 0.581. The van der Waals surface area contributed by atoms with E-state index in [2.05, 4.69) is 0 Å². The Hall–Kier alpha value is -0.0900. The summed E-state index contributed by atoms with van der Waals surface area (Å²) < 4.78 is 22.6. The third-order valence-electron chi connectivity index (χ3n) is 2.55. The first kappa shape index (κ1) is 9.99. The number of aliphatic hydroxyl groups excluding tert-OH is 1. The van der Waals surface area contributed by atoms with Gasteiger partial charge in [-0.2, -0.15) is 0 Å². The molecule has 0 spiro atoms. The summed E-state index contributed by atoms with van der Waals surface area (Å²) in [4.78, 5) is 0. The van der Waals surface area contributed by atoms with Gasteiger partial charge in [-0.15, -0.1) is 0 Å². The molecule has 4 heteroatoms. The minimum Gasteiger partial charge on any atom is -0.392 e. The van der Waals surface area contributed by atoms with Gasteiger partial charge in [0.25, 0.3) is 0 Å². The molecule has 0 radical (unpaired) electrons. The van der Waals surface area contributed by atoms with E-state index >= 15 is 0 Å². The summed E-state index contributed by atoms with van der Waals surface area (Å²) in [5.41, 5.74) is 0. The minimum atomic E-state index is -3.05. The first-order chi connectivity index (χ1) is 5.49. The van der Waals surface area contributed by atoms with Gasteiger partial charge in [-0.1, -0.05) is 6.92 Å². The topological polar surface area (TPSA) is 54.4 Å². The van der Waals surface area contributed by atoms with Crippen LogP contribution in [0.4, 0.5) is 0 Å². The summed E-state index contributed by atoms with van der Waals surface area (Å²) in [6.07, 6.45) is 1.31. The SMILES string of the molecule is CCS(=O)(=O)[C@H](C)[C@H](O)C1CC1. The molecule has 0 aliphatic heterocycles. The first-order valence-corrected chi connectivity index (χ1v) is 6.10. The van der Waals surface area contributed by atoms with Crippen LogP contribution in [0.1, 0.15) is 26.7 Å². The second-order valence-electron chi connectivity index (χ2n) is 3.48. The van der Waals surface area contributed by atoms with Gasteiger partial charge < -0.3 is 5.11 Å². The zero-order valence-electron chi connectivity index (χ0n) is 7.53. The Balaban J connectivity index is 2.62. The van der Waals surface area contributed by atoms with Crippen LogP contribution in [0.3, 0.4) is 0 Å². The van der Waals surface area contributed by atoms with Gasteiger partial charge in [-0.05, 0) is 25.7 Å². The van der Waals surface area contributed by atoms with Gasteiger partial charge in [0, 0.05) is 5.75 Å². The van der Waals surface area contributed by atoms with Crippen LogP contribution in [0, 0.1) is 5.92 Å². The lowest BCUT2D eigenvalue weighted by Gasteiger charge is -2.17. The fourth-order valence-electron chi connectivity index (χ4n) is 1.30. The maximum absolute atomic E-state index is 11.3. The van der Waals surface area contributed by atoms with Crippen LogP contribution < -0.4 is 0 Å². The van der Waals surface area contributed by atoms with E-state index in [4.69, 9.17) is 0 Å². The van der Waals surface area contributed by atoms with Crippen molar-refractivity contribution >= 4 is 9.84 Å². The highest BCUT2D eigenvalue weighted by Crippen LogP contribution is 2.35. The molecule has 1 N–H and O–H groups in total. The lowest BCUT2D eigenvalue weighted by molar-refractivity contribution is 0.149. The highest BCUT2D eigenvalue weighted by molar-refractivity contribution is 7.92. The normalized spacial score (nSPS) is 23.6. The lowest BCUT2D eigenvalue weighted by atomic mass is 10.2. The molecule has 0 amide bonds. The van der Waals surface area contributed by atoms with Crippen LogP contribution >= 0.6 is 0 Å². The Morgan fingerprint density at radius 3 is 2.33 bits per heavy atom. The maximum Gasteiger partial charge on any atom is 0.155 e. The number of aliphatic hydroxyl groups is 1. The summed E-state index contributed by atoms with van der Waals surface area (Å²) in [6.45, 7) is 3.22. The summed E-state index contributed by atoms with van der Waals surface area (Å²) in [7, 11) is -3.05. The average Bonchev–Trinajstić information content (AvgIpc) is 2.84. The van der Waals surface area contributed by atoms with Crippen molar-refractivity contribution in [2.75, 3.05) is 5.75 Å². The third kappa shape index (κ3) is 1.98. The van der Waals surface area contributed by atoms with E-state index in [-0.39, 0.29) is 11.7 Å². The van der Waals surface area contributed by atoms with Crippen molar-refractivity contribution in [1.82, 2.24) is 0 Å². The van der Waals surface area contributed by atoms with Crippen molar-refractivity contribution in [3.8, 4) is 0 Å². The Kier molecular flexibility index (Phi) is 2.78. The predicted molar refractivity (Wildman–Crippen MR) is 47.7 cm³/mol. The molecule has 1 aliphatic rings. The molecule has 0 unspecified atom stereocenters. The van der Waals surface area contributed by atoms with E-state index in [0.29, 0.717) is 0 Å². The Bertz CT molecular complexity index is 241. The molecule has 0 bridgehead atoms. The van der Waals surface area contributed by atoms with Gasteiger partial charge in [0.15, 0.2) is 9.84 Å². The maximum atomic E-state index is 11.3. The first-order valence-electron chi connectivity index (χ1n) is 4.38. The van der Waals surface area contributed by atoms with Crippen LogP contribution in [0.5, 0.6) is 0 Å². The smallest absolute Gasteiger partial charge is 0.155 e. The molecule has 2 atom stereocenters. The molecule has 12 heavy (non-hydrogen) atoms. The quantitative estimate of drug-likeness (QED) is 0.709. The number of rotatable bonds is 4. The molecule has 0 aromatic heterocycles. The standard InChI is InChI=1S/C8H16O3S/c1-3-12(10,11)6(2)8(9)7-4-5-7/h6-9H,3-5H2,1-2H3/t6-,8+/m1/s1. The van der Waals surface area contributed by atoms with Crippen molar-refractivity contribution in [1.29, 1.82) is 0 Å². The Labute approximate surface area is 73.7 Å². The second-order valence-corrected chi connectivity index (χ2v) is 6.13. The summed E-state index contributed by atoms with van der Waals surface area (Å²) in [6, 6.07) is 0. The molecule has 1 fully saturated rings. The van der Waals surface area contributed by atoms with Crippen molar-refractivity contribution in [3.05, 3.63) is 0 Å². The fraction of sp³-hybridized carbons (Fsp3) is 1.00. The van der Waals surface area contributed by atoms with E-state index in [1.54, 1.807) is 13.8 Å². The highest BCUT2D eigenvalue weighted by Gasteiger charge is 2.38. The van der Waals surface area contributed by atoms with Crippen LogP contribution in [0.25, 0.3) is 0 Å². The Morgan fingerprint density at radius 2 is 2.00 bits per heavy atom. The van der Waals surface area contributed by atoms with Crippen molar-refractivity contribution in [2.24, 2.45) is 5.92 Å².